The second-order valence-electron chi connectivity index (χ2n) is 5.76. The Morgan fingerprint density at radius 3 is 2.74 bits per heavy atom. The third-order valence-electron chi connectivity index (χ3n) is 4.08. The lowest BCUT2D eigenvalue weighted by atomic mass is 10.1. The van der Waals surface area contributed by atoms with E-state index in [9.17, 15) is 9.59 Å². The maximum absolute atomic E-state index is 12.3. The van der Waals surface area contributed by atoms with Crippen molar-refractivity contribution >= 4 is 17.4 Å². The molecule has 5 heteroatoms. The van der Waals surface area contributed by atoms with Gasteiger partial charge in [-0.25, -0.2) is 0 Å². The van der Waals surface area contributed by atoms with Crippen LogP contribution in [0.1, 0.15) is 15.9 Å². The monoisotopic (exact) mass is 309 g/mol. The molecular formula is C18H15NO4. The van der Waals surface area contributed by atoms with Gasteiger partial charge in [0.2, 0.25) is 0 Å². The van der Waals surface area contributed by atoms with Gasteiger partial charge in [0.25, 0.3) is 11.7 Å². The molecule has 0 bridgehead atoms. The molecule has 2 aromatic carbocycles. The van der Waals surface area contributed by atoms with Gasteiger partial charge in [-0.15, -0.1) is 0 Å². The van der Waals surface area contributed by atoms with Crippen LogP contribution >= 0.6 is 0 Å². The minimum Gasteiger partial charge on any atom is -0.486 e. The smallest absolute Gasteiger partial charge is 0.299 e. The Morgan fingerprint density at radius 1 is 1.13 bits per heavy atom. The van der Waals surface area contributed by atoms with E-state index in [1.807, 2.05) is 43.3 Å². The zero-order chi connectivity index (χ0) is 16.0. The minimum absolute atomic E-state index is 0.287. The first-order valence-electron chi connectivity index (χ1n) is 7.49. The molecule has 2 aliphatic rings. The maximum atomic E-state index is 12.3. The molecule has 2 aliphatic heterocycles. The Morgan fingerprint density at radius 2 is 1.91 bits per heavy atom. The topological polar surface area (TPSA) is 55.8 Å². The number of nitrogens with zero attached hydrogens (tertiary/aromatic N) is 1. The van der Waals surface area contributed by atoms with E-state index in [-0.39, 0.29) is 12.6 Å². The van der Waals surface area contributed by atoms with Crippen LogP contribution in [0.25, 0.3) is 0 Å². The van der Waals surface area contributed by atoms with Gasteiger partial charge in [-0.05, 0) is 31.2 Å². The number of aryl methyl sites for hydroxylation is 1. The average molecular weight is 309 g/mol. The minimum atomic E-state index is -0.506. The summed E-state index contributed by atoms with van der Waals surface area (Å²) in [5.74, 6) is 0.392. The molecule has 0 spiro atoms. The second kappa shape index (κ2) is 5.12. The third-order valence-corrected chi connectivity index (χ3v) is 4.08. The fourth-order valence-electron chi connectivity index (χ4n) is 2.95. The highest BCUT2D eigenvalue weighted by Gasteiger charge is 2.38. The van der Waals surface area contributed by atoms with E-state index in [2.05, 4.69) is 0 Å². The Hall–Kier alpha value is -2.82. The van der Waals surface area contributed by atoms with Crippen LogP contribution in [-0.4, -0.2) is 30.9 Å². The molecule has 0 N–H and O–H groups in total. The van der Waals surface area contributed by atoms with Crippen molar-refractivity contribution in [2.75, 3.05) is 18.1 Å². The third kappa shape index (κ3) is 2.25. The second-order valence-corrected chi connectivity index (χ2v) is 5.76. The van der Waals surface area contributed by atoms with Crippen LogP contribution in [0.4, 0.5) is 5.69 Å². The molecule has 0 radical (unpaired) electrons. The van der Waals surface area contributed by atoms with Crippen LogP contribution in [0.2, 0.25) is 0 Å². The van der Waals surface area contributed by atoms with Gasteiger partial charge < -0.3 is 14.4 Å². The van der Waals surface area contributed by atoms with Crippen LogP contribution in [0.3, 0.4) is 0 Å². The van der Waals surface area contributed by atoms with Crippen molar-refractivity contribution in [1.29, 1.82) is 0 Å². The zero-order valence-electron chi connectivity index (χ0n) is 12.6. The average Bonchev–Trinajstić information content (AvgIpc) is 2.79. The molecule has 0 fully saturated rings. The SMILES string of the molecule is Cc1ccc2c(c1)C(=O)C(=O)N2C[C@H]1COc2ccccc2O1. The normalized spacial score (nSPS) is 19.0. The molecule has 0 saturated heterocycles. The van der Waals surface area contributed by atoms with Crippen LogP contribution in [-0.2, 0) is 4.79 Å². The summed E-state index contributed by atoms with van der Waals surface area (Å²) in [5.41, 5.74) is 2.07. The molecule has 1 atom stereocenters. The first kappa shape index (κ1) is 13.8. The van der Waals surface area contributed by atoms with Gasteiger partial charge in [-0.2, -0.15) is 0 Å². The number of rotatable bonds is 2. The van der Waals surface area contributed by atoms with Crippen molar-refractivity contribution in [3.8, 4) is 11.5 Å². The highest BCUT2D eigenvalue weighted by molar-refractivity contribution is 6.52. The summed E-state index contributed by atoms with van der Waals surface area (Å²) in [6.45, 7) is 2.53. The van der Waals surface area contributed by atoms with E-state index in [0.717, 1.165) is 5.56 Å². The van der Waals surface area contributed by atoms with Gasteiger partial charge in [0.05, 0.1) is 17.8 Å². The lowest BCUT2D eigenvalue weighted by Gasteiger charge is -2.29. The predicted octanol–water partition coefficient (Wildman–Crippen LogP) is 2.36. The summed E-state index contributed by atoms with van der Waals surface area (Å²) in [5, 5.41) is 0. The summed E-state index contributed by atoms with van der Waals surface area (Å²) in [4.78, 5) is 25.9. The molecule has 4 rings (SSSR count). The number of ketones is 1. The molecule has 0 unspecified atom stereocenters. The standard InChI is InChI=1S/C18H15NO4/c1-11-6-7-14-13(8-11)17(20)18(21)19(14)9-12-10-22-15-4-2-3-5-16(15)23-12/h2-8,12H,9-10H2,1H3/t12-/m0/s1. The fourth-order valence-corrected chi connectivity index (χ4v) is 2.95. The molecule has 116 valence electrons. The number of para-hydroxylation sites is 2. The Kier molecular flexibility index (Phi) is 3.08. The van der Waals surface area contributed by atoms with Crippen molar-refractivity contribution in [3.05, 3.63) is 53.6 Å². The zero-order valence-corrected chi connectivity index (χ0v) is 12.6. The number of amides is 1. The number of benzene rings is 2. The van der Waals surface area contributed by atoms with Crippen LogP contribution in [0, 0.1) is 6.92 Å². The number of hydrogen-bond donors (Lipinski definition) is 0. The van der Waals surface area contributed by atoms with E-state index < -0.39 is 11.7 Å². The molecule has 5 nitrogen and oxygen atoms in total. The van der Waals surface area contributed by atoms with Crippen molar-refractivity contribution in [1.82, 2.24) is 0 Å². The van der Waals surface area contributed by atoms with Gasteiger partial charge >= 0.3 is 0 Å². The van der Waals surface area contributed by atoms with Crippen molar-refractivity contribution in [3.63, 3.8) is 0 Å². The molecule has 0 aliphatic carbocycles. The number of carbonyl (C=O) groups is 2. The Labute approximate surface area is 133 Å². The number of Topliss-reactive ketones (excluding diaryl/α,β-unsaturated/α-hetero) is 1. The van der Waals surface area contributed by atoms with Gasteiger partial charge in [0, 0.05) is 0 Å². The van der Waals surface area contributed by atoms with E-state index in [4.69, 9.17) is 9.47 Å². The highest BCUT2D eigenvalue weighted by Crippen LogP contribution is 2.33. The lowest BCUT2D eigenvalue weighted by Crippen LogP contribution is -2.43. The molecule has 1 amide bonds. The lowest BCUT2D eigenvalue weighted by molar-refractivity contribution is -0.114. The first-order chi connectivity index (χ1) is 11.1. The van der Waals surface area contributed by atoms with Gasteiger partial charge in [-0.3, -0.25) is 9.59 Å². The number of fused-ring (bicyclic) bond motifs is 2. The van der Waals surface area contributed by atoms with Gasteiger partial charge in [-0.1, -0.05) is 23.8 Å². The summed E-state index contributed by atoms with van der Waals surface area (Å²) < 4.78 is 11.6. The van der Waals surface area contributed by atoms with Gasteiger partial charge in [0.1, 0.15) is 6.61 Å². The first-order valence-corrected chi connectivity index (χ1v) is 7.49. The van der Waals surface area contributed by atoms with E-state index in [1.54, 1.807) is 6.07 Å². The molecule has 0 saturated carbocycles. The maximum Gasteiger partial charge on any atom is 0.299 e. The number of hydrogen-bond acceptors (Lipinski definition) is 4. The van der Waals surface area contributed by atoms with Crippen LogP contribution in [0.15, 0.2) is 42.5 Å². The highest BCUT2D eigenvalue weighted by atomic mass is 16.6. The number of carbonyl (C=O) groups excluding carboxylic acids is 2. The molecule has 2 heterocycles. The van der Waals surface area contributed by atoms with Crippen molar-refractivity contribution < 1.29 is 19.1 Å². The number of anilines is 1. The Balaban J connectivity index is 1.59. The summed E-state index contributed by atoms with van der Waals surface area (Å²) in [6, 6.07) is 12.9. The van der Waals surface area contributed by atoms with E-state index in [0.29, 0.717) is 29.4 Å². The van der Waals surface area contributed by atoms with Crippen molar-refractivity contribution in [2.24, 2.45) is 0 Å². The molecule has 2 aromatic rings. The molecule has 23 heavy (non-hydrogen) atoms. The predicted molar refractivity (Wildman–Crippen MR) is 84.2 cm³/mol. The van der Waals surface area contributed by atoms with Crippen molar-refractivity contribution in [2.45, 2.75) is 13.0 Å². The summed E-state index contributed by atoms with van der Waals surface area (Å²) >= 11 is 0. The van der Waals surface area contributed by atoms with Crippen LogP contribution < -0.4 is 14.4 Å². The van der Waals surface area contributed by atoms with E-state index in [1.165, 1.54) is 4.90 Å². The quantitative estimate of drug-likeness (QED) is 0.799. The summed E-state index contributed by atoms with van der Waals surface area (Å²) in [6.07, 6.45) is -0.311. The number of ether oxygens (including phenoxy) is 2. The summed E-state index contributed by atoms with van der Waals surface area (Å²) in [7, 11) is 0. The largest absolute Gasteiger partial charge is 0.486 e. The van der Waals surface area contributed by atoms with Gasteiger partial charge in [0.15, 0.2) is 17.6 Å². The molecule has 0 aromatic heterocycles. The van der Waals surface area contributed by atoms with E-state index >= 15 is 0 Å². The fraction of sp³-hybridized carbons (Fsp3) is 0.222. The molecular weight excluding hydrogens is 294 g/mol. The van der Waals surface area contributed by atoms with Crippen LogP contribution in [0.5, 0.6) is 11.5 Å². The Bertz CT molecular complexity index is 814.